The maximum atomic E-state index is 15.6. The van der Waals surface area contributed by atoms with E-state index in [0.29, 0.717) is 79.3 Å². The molecule has 0 radical (unpaired) electrons. The van der Waals surface area contributed by atoms with Crippen LogP contribution in [0.2, 0.25) is 20.1 Å². The summed E-state index contributed by atoms with van der Waals surface area (Å²) in [5.41, 5.74) is 4.31. The number of benzene rings is 6. The molecule has 1 aliphatic carbocycles. The highest BCUT2D eigenvalue weighted by molar-refractivity contribution is 8.02. The summed E-state index contributed by atoms with van der Waals surface area (Å²) in [5.74, 6) is -0.537. The molecule has 0 aliphatic heterocycles. The monoisotopic (exact) mass is 1000 g/mol. The smallest absolute Gasteiger partial charge is 0.196 e. The maximum Gasteiger partial charge on any atom is 0.196 e. The summed E-state index contributed by atoms with van der Waals surface area (Å²) in [6, 6.07) is 30.0. The second kappa shape index (κ2) is 15.8. The minimum Gasteiger partial charge on any atom is -0.288 e. The van der Waals surface area contributed by atoms with Crippen LogP contribution in [0.1, 0.15) is 31.8 Å². The van der Waals surface area contributed by atoms with Crippen LogP contribution in [0.25, 0.3) is 40.9 Å². The summed E-state index contributed by atoms with van der Waals surface area (Å²) in [5, 5.41) is 2.34. The molecule has 4 heterocycles. The molecule has 60 heavy (non-hydrogen) atoms. The number of fused-ring (bicyclic) bond motifs is 6. The van der Waals surface area contributed by atoms with E-state index in [2.05, 4.69) is 0 Å². The van der Waals surface area contributed by atoms with Gasteiger partial charge in [0.2, 0.25) is 0 Å². The van der Waals surface area contributed by atoms with Gasteiger partial charge in [0.25, 0.3) is 0 Å². The molecule has 0 saturated carbocycles. The topological polar surface area (TPSA) is 85.7 Å². The lowest BCUT2D eigenvalue weighted by atomic mass is 9.84. The van der Waals surface area contributed by atoms with E-state index in [0.717, 1.165) is 40.9 Å². The van der Waals surface area contributed by atoms with Gasteiger partial charge >= 0.3 is 0 Å². The van der Waals surface area contributed by atoms with Gasteiger partial charge in [0.1, 0.15) is 0 Å². The number of hydrogen-bond acceptors (Lipinski definition) is 14. The van der Waals surface area contributed by atoms with Crippen LogP contribution in [0.3, 0.4) is 0 Å². The Balaban J connectivity index is 1.09. The van der Waals surface area contributed by atoms with E-state index in [-0.39, 0.29) is 11.6 Å². The standard InChI is InChI=1S/C42H16Cl4N4O2S8/c43-17-1-5-25-21(13-17)47-39(53-25)57-29-9-10-30(58-40-48-22-14-18(44)2-6-26(22)54-40)34-33(29)37(51)35-31(59-41-49-23-15-19(45)3-7-27(23)55-41)11-12-32(36(35)38(34)52)60-42-50-24-16-20(46)4-8-28(24)56-42/h1-16H. The first kappa shape index (κ1) is 39.6. The second-order valence-electron chi connectivity index (χ2n) is 13.1. The summed E-state index contributed by atoms with van der Waals surface area (Å²) < 4.78 is 6.70. The molecule has 4 aromatic heterocycles. The van der Waals surface area contributed by atoms with Crippen LogP contribution >= 0.6 is 139 Å². The van der Waals surface area contributed by atoms with E-state index in [1.807, 2.05) is 97.1 Å². The van der Waals surface area contributed by atoms with Crippen LogP contribution in [0.4, 0.5) is 0 Å². The predicted molar refractivity (Wildman–Crippen MR) is 255 cm³/mol. The van der Waals surface area contributed by atoms with Gasteiger partial charge in [-0.1, -0.05) is 93.5 Å². The molecule has 0 N–H and O–H groups in total. The molecule has 10 aromatic rings. The molecule has 11 rings (SSSR count). The molecule has 18 heteroatoms. The number of carbonyl (C=O) groups is 2. The zero-order valence-electron chi connectivity index (χ0n) is 29.6. The Morgan fingerprint density at radius 2 is 0.583 bits per heavy atom. The molecule has 0 amide bonds. The molecule has 292 valence electrons. The fraction of sp³-hybridized carbons (Fsp3) is 0. The number of rotatable bonds is 8. The van der Waals surface area contributed by atoms with Crippen LogP contribution in [0.15, 0.2) is 134 Å². The van der Waals surface area contributed by atoms with Gasteiger partial charge in [0.15, 0.2) is 28.9 Å². The minimum atomic E-state index is -0.269. The van der Waals surface area contributed by atoms with Crippen molar-refractivity contribution >= 4 is 191 Å². The van der Waals surface area contributed by atoms with Gasteiger partial charge in [0, 0.05) is 61.9 Å². The Morgan fingerprint density at radius 3 is 0.817 bits per heavy atom. The number of ketones is 2. The average molecular weight is 1010 g/mol. The van der Waals surface area contributed by atoms with E-state index in [1.54, 1.807) is 0 Å². The molecule has 0 atom stereocenters. The second-order valence-corrected chi connectivity index (χ2v) is 24.1. The third kappa shape index (κ3) is 7.35. The highest BCUT2D eigenvalue weighted by Crippen LogP contribution is 2.50. The Kier molecular flexibility index (Phi) is 10.5. The van der Waals surface area contributed by atoms with Crippen molar-refractivity contribution in [3.8, 4) is 0 Å². The Bertz CT molecular complexity index is 3020. The number of hydrogen-bond donors (Lipinski definition) is 0. The third-order valence-corrected chi connectivity index (χ3v) is 18.8. The van der Waals surface area contributed by atoms with E-state index >= 15 is 9.59 Å². The van der Waals surface area contributed by atoms with Crippen molar-refractivity contribution < 1.29 is 9.59 Å². The molecule has 6 nitrogen and oxygen atoms in total. The largest absolute Gasteiger partial charge is 0.288 e. The zero-order chi connectivity index (χ0) is 40.8. The summed E-state index contributed by atoms with van der Waals surface area (Å²) >= 11 is 36.7. The van der Waals surface area contributed by atoms with Gasteiger partial charge in [-0.3, -0.25) is 9.59 Å². The number of thiazole rings is 4. The molecular weight excluding hydrogens is 991 g/mol. The summed E-state index contributed by atoms with van der Waals surface area (Å²) in [6.07, 6.45) is 0. The van der Waals surface area contributed by atoms with Crippen molar-refractivity contribution in [3.63, 3.8) is 0 Å². The molecule has 0 unspecified atom stereocenters. The SMILES string of the molecule is O=C1c2c(Sc3nc4cc(Cl)ccc4s3)ccc(Sc3nc4cc(Cl)ccc4s3)c2C(=O)c2c(Sc3nc4cc(Cl)ccc4s3)ccc(Sc3nc4cc(Cl)ccc4s3)c21. The van der Waals surface area contributed by atoms with E-state index in [1.165, 1.54) is 92.4 Å². The first-order chi connectivity index (χ1) is 29.1. The van der Waals surface area contributed by atoms with Gasteiger partial charge in [-0.05, 0) is 97.1 Å². The maximum absolute atomic E-state index is 15.6. The Labute approximate surface area is 393 Å². The van der Waals surface area contributed by atoms with Crippen LogP contribution in [0, 0.1) is 0 Å². The van der Waals surface area contributed by atoms with Crippen LogP contribution in [0.5, 0.6) is 0 Å². The van der Waals surface area contributed by atoms with Crippen molar-refractivity contribution in [1.29, 1.82) is 0 Å². The van der Waals surface area contributed by atoms with Crippen LogP contribution in [-0.2, 0) is 0 Å². The fourth-order valence-electron chi connectivity index (χ4n) is 6.69. The molecule has 0 saturated heterocycles. The van der Waals surface area contributed by atoms with Crippen LogP contribution < -0.4 is 0 Å². The van der Waals surface area contributed by atoms with Gasteiger partial charge in [-0.25, -0.2) is 19.9 Å². The van der Waals surface area contributed by atoms with Gasteiger partial charge in [0.05, 0.1) is 40.9 Å². The van der Waals surface area contributed by atoms with Gasteiger partial charge < -0.3 is 0 Å². The Morgan fingerprint density at radius 1 is 0.350 bits per heavy atom. The normalized spacial score (nSPS) is 12.7. The molecular formula is C42H16Cl4N4O2S8. The number of aromatic nitrogens is 4. The average Bonchev–Trinajstić information content (AvgIpc) is 4.01. The number of halogens is 4. The predicted octanol–water partition coefficient (Wildman–Crippen LogP) is 16.1. The van der Waals surface area contributed by atoms with Crippen LogP contribution in [-0.4, -0.2) is 31.5 Å². The van der Waals surface area contributed by atoms with Crippen molar-refractivity contribution in [1.82, 2.24) is 19.9 Å². The summed E-state index contributed by atoms with van der Waals surface area (Å²) in [4.78, 5) is 53.0. The molecule has 0 spiro atoms. The molecule has 0 bridgehead atoms. The third-order valence-electron chi connectivity index (χ3n) is 9.28. The number of carbonyl (C=O) groups excluding carboxylic acids is 2. The lowest BCUT2D eigenvalue weighted by molar-refractivity contribution is 0.0970. The van der Waals surface area contributed by atoms with Crippen molar-refractivity contribution in [2.75, 3.05) is 0 Å². The van der Waals surface area contributed by atoms with Gasteiger partial charge in [-0.2, -0.15) is 0 Å². The van der Waals surface area contributed by atoms with E-state index in [9.17, 15) is 0 Å². The lowest BCUT2D eigenvalue weighted by Gasteiger charge is -2.25. The van der Waals surface area contributed by atoms with Crippen molar-refractivity contribution in [2.45, 2.75) is 36.9 Å². The minimum absolute atomic E-state index is 0.269. The van der Waals surface area contributed by atoms with Crippen molar-refractivity contribution in [2.24, 2.45) is 0 Å². The highest BCUT2D eigenvalue weighted by Gasteiger charge is 2.39. The summed E-state index contributed by atoms with van der Waals surface area (Å²) in [6.45, 7) is 0. The van der Waals surface area contributed by atoms with Gasteiger partial charge in [-0.15, -0.1) is 45.3 Å². The molecule has 0 fully saturated rings. The fourth-order valence-corrected chi connectivity index (χ4v) is 15.9. The van der Waals surface area contributed by atoms with E-state index in [4.69, 9.17) is 66.3 Å². The molecule has 1 aliphatic rings. The highest BCUT2D eigenvalue weighted by atomic mass is 35.5. The lowest BCUT2D eigenvalue weighted by Crippen LogP contribution is -2.24. The van der Waals surface area contributed by atoms with Crippen molar-refractivity contribution in [3.05, 3.63) is 139 Å². The number of nitrogens with zero attached hydrogens (tertiary/aromatic N) is 4. The quantitative estimate of drug-likeness (QED) is 0.147. The zero-order valence-corrected chi connectivity index (χ0v) is 39.2. The first-order valence-corrected chi connectivity index (χ1v) is 25.5. The molecule has 6 aromatic carbocycles. The summed E-state index contributed by atoms with van der Waals surface area (Å²) in [7, 11) is 0. The first-order valence-electron chi connectivity index (χ1n) is 17.5. The Hall–Kier alpha value is -3.22. The van der Waals surface area contributed by atoms with E-state index < -0.39 is 0 Å².